The molecule has 41 heavy (non-hydrogen) atoms. The van der Waals surface area contributed by atoms with Crippen molar-refractivity contribution in [3.8, 4) is 16.9 Å². The van der Waals surface area contributed by atoms with E-state index in [9.17, 15) is 9.59 Å². The van der Waals surface area contributed by atoms with Gasteiger partial charge in [0.25, 0.3) is 11.8 Å². The van der Waals surface area contributed by atoms with Crippen molar-refractivity contribution in [2.75, 3.05) is 11.5 Å². The van der Waals surface area contributed by atoms with Gasteiger partial charge in [0, 0.05) is 41.4 Å². The quantitative estimate of drug-likeness (QED) is 0.270. The summed E-state index contributed by atoms with van der Waals surface area (Å²) >= 11 is 0. The van der Waals surface area contributed by atoms with E-state index in [2.05, 4.69) is 10.3 Å². The number of para-hydroxylation sites is 2. The molecule has 0 saturated carbocycles. The highest BCUT2D eigenvalue weighted by Crippen LogP contribution is 2.32. The first kappa shape index (κ1) is 26.1. The number of nitrogens with zero attached hydrogens (tertiary/aromatic N) is 3. The van der Waals surface area contributed by atoms with E-state index in [4.69, 9.17) is 4.74 Å². The minimum Gasteiger partial charge on any atom is -0.493 e. The maximum atomic E-state index is 13.9. The number of pyridine rings is 1. The second-order valence-electron chi connectivity index (χ2n) is 9.87. The molecule has 0 fully saturated rings. The van der Waals surface area contributed by atoms with Gasteiger partial charge in [-0.05, 0) is 66.1 Å². The third-order valence-electron chi connectivity index (χ3n) is 7.29. The van der Waals surface area contributed by atoms with Gasteiger partial charge in [-0.2, -0.15) is 0 Å². The summed E-state index contributed by atoms with van der Waals surface area (Å²) in [6, 6.07) is 31.0. The summed E-state index contributed by atoms with van der Waals surface area (Å²) < 4.78 is 7.80. The Morgan fingerprint density at radius 1 is 0.878 bits per heavy atom. The van der Waals surface area contributed by atoms with Gasteiger partial charge in [-0.15, -0.1) is 0 Å². The minimum absolute atomic E-state index is 0.0978. The average molecular weight is 543 g/mol. The molecular weight excluding hydrogens is 512 g/mol. The van der Waals surface area contributed by atoms with Crippen molar-refractivity contribution in [3.63, 3.8) is 0 Å². The minimum atomic E-state index is -0.166. The number of benzene rings is 3. The summed E-state index contributed by atoms with van der Waals surface area (Å²) in [7, 11) is 0. The second-order valence-corrected chi connectivity index (χ2v) is 9.87. The second kappa shape index (κ2) is 11.5. The highest BCUT2D eigenvalue weighted by Gasteiger charge is 2.27. The lowest BCUT2D eigenvalue weighted by molar-refractivity contribution is 0.0941. The molecule has 3 heterocycles. The zero-order chi connectivity index (χ0) is 28.2. The van der Waals surface area contributed by atoms with Gasteiger partial charge in [0.05, 0.1) is 19.7 Å². The summed E-state index contributed by atoms with van der Waals surface area (Å²) in [5.41, 5.74) is 6.75. The number of anilines is 1. The van der Waals surface area contributed by atoms with Crippen molar-refractivity contribution in [2.45, 2.75) is 26.6 Å². The molecule has 0 atom stereocenters. The molecule has 0 saturated heterocycles. The molecule has 6 rings (SSSR count). The number of hydrogen-bond donors (Lipinski definition) is 1. The Morgan fingerprint density at radius 3 is 2.49 bits per heavy atom. The highest BCUT2D eigenvalue weighted by molar-refractivity contribution is 6.07. The number of nitrogens with one attached hydrogen (secondary N) is 1. The molecule has 2 aromatic heterocycles. The number of rotatable bonds is 7. The van der Waals surface area contributed by atoms with Crippen LogP contribution in [0.15, 0.2) is 109 Å². The molecule has 0 radical (unpaired) electrons. The van der Waals surface area contributed by atoms with E-state index < -0.39 is 0 Å². The molecule has 7 heteroatoms. The number of carbonyl (C=O) groups excluding carboxylic acids is 2. The van der Waals surface area contributed by atoms with Crippen LogP contribution in [0.4, 0.5) is 5.69 Å². The van der Waals surface area contributed by atoms with E-state index in [0.717, 1.165) is 39.4 Å². The zero-order valence-electron chi connectivity index (χ0n) is 22.8. The van der Waals surface area contributed by atoms with Crippen LogP contribution in [0.3, 0.4) is 0 Å². The van der Waals surface area contributed by atoms with Gasteiger partial charge in [-0.1, -0.05) is 54.6 Å². The average Bonchev–Trinajstić information content (AvgIpc) is 3.33. The third kappa shape index (κ3) is 5.34. The Bertz CT molecular complexity index is 1690. The van der Waals surface area contributed by atoms with Crippen molar-refractivity contribution in [1.29, 1.82) is 0 Å². The van der Waals surface area contributed by atoms with E-state index >= 15 is 0 Å². The van der Waals surface area contributed by atoms with E-state index in [1.807, 2.05) is 109 Å². The summed E-state index contributed by atoms with van der Waals surface area (Å²) in [5, 5.41) is 3.00. The molecule has 1 N–H and O–H groups in total. The molecule has 0 unspecified atom stereocenters. The van der Waals surface area contributed by atoms with Crippen molar-refractivity contribution in [2.24, 2.45) is 0 Å². The van der Waals surface area contributed by atoms with E-state index in [0.29, 0.717) is 37.5 Å². The first-order valence-electron chi connectivity index (χ1n) is 13.7. The SMILES string of the molecule is CCOc1ccccc1-c1ccc(C(=O)N2Cc3ccc(C(=O)NCc4cccnc4)n3Cc3ccccc32)cc1. The molecule has 7 nitrogen and oxygen atoms in total. The summed E-state index contributed by atoms with van der Waals surface area (Å²) in [6.45, 7) is 3.77. The lowest BCUT2D eigenvalue weighted by Gasteiger charge is -2.23. The zero-order valence-corrected chi connectivity index (χ0v) is 22.8. The van der Waals surface area contributed by atoms with Crippen LogP contribution >= 0.6 is 0 Å². The Labute approximate surface area is 239 Å². The fourth-order valence-electron chi connectivity index (χ4n) is 5.25. The van der Waals surface area contributed by atoms with Crippen LogP contribution in [-0.2, 0) is 19.6 Å². The standard InChI is InChI=1S/C34H30N4O3/c1-2-41-32-12-6-4-10-29(32)25-13-15-26(16-14-25)34(40)38-23-28-17-18-31(33(39)36-21-24-8-7-19-35-20-24)37(28)22-27-9-3-5-11-30(27)38/h3-20H,2,21-23H2,1H3,(H,36,39). The van der Waals surface area contributed by atoms with Crippen molar-refractivity contribution in [3.05, 3.63) is 138 Å². The fraction of sp³-hybridized carbons (Fsp3) is 0.147. The van der Waals surface area contributed by atoms with Gasteiger partial charge in [0.1, 0.15) is 11.4 Å². The van der Waals surface area contributed by atoms with Crippen molar-refractivity contribution >= 4 is 17.5 Å². The predicted molar refractivity (Wildman–Crippen MR) is 159 cm³/mol. The van der Waals surface area contributed by atoms with Crippen LogP contribution in [0.5, 0.6) is 5.75 Å². The monoisotopic (exact) mass is 542 g/mol. The first-order chi connectivity index (χ1) is 20.1. The number of hydrogen-bond acceptors (Lipinski definition) is 4. The molecule has 1 aliphatic rings. The van der Waals surface area contributed by atoms with E-state index in [-0.39, 0.29) is 11.8 Å². The number of aromatic nitrogens is 2. The van der Waals surface area contributed by atoms with Crippen LogP contribution in [0, 0.1) is 0 Å². The Kier molecular flexibility index (Phi) is 7.32. The Morgan fingerprint density at radius 2 is 1.68 bits per heavy atom. The maximum absolute atomic E-state index is 13.9. The summed E-state index contributed by atoms with van der Waals surface area (Å²) in [4.78, 5) is 33.0. The normalized spacial score (nSPS) is 12.2. The van der Waals surface area contributed by atoms with E-state index in [1.165, 1.54) is 0 Å². The molecule has 1 aliphatic heterocycles. The van der Waals surface area contributed by atoms with E-state index in [1.54, 1.807) is 17.3 Å². The van der Waals surface area contributed by atoms with Gasteiger partial charge >= 0.3 is 0 Å². The molecule has 2 amide bonds. The number of carbonyl (C=O) groups is 2. The topological polar surface area (TPSA) is 76.5 Å². The Hall–Kier alpha value is -5.17. The fourth-order valence-corrected chi connectivity index (χ4v) is 5.25. The number of fused-ring (bicyclic) bond motifs is 2. The van der Waals surface area contributed by atoms with Gasteiger partial charge < -0.3 is 19.5 Å². The van der Waals surface area contributed by atoms with Crippen LogP contribution in [0.2, 0.25) is 0 Å². The molecule has 0 aliphatic carbocycles. The van der Waals surface area contributed by atoms with Gasteiger partial charge in [-0.3, -0.25) is 14.6 Å². The first-order valence-corrected chi connectivity index (χ1v) is 13.7. The van der Waals surface area contributed by atoms with Gasteiger partial charge in [0.2, 0.25) is 0 Å². The van der Waals surface area contributed by atoms with Gasteiger partial charge in [0.15, 0.2) is 0 Å². The summed E-state index contributed by atoms with van der Waals surface area (Å²) in [6.07, 6.45) is 3.45. The lowest BCUT2D eigenvalue weighted by atomic mass is 10.0. The van der Waals surface area contributed by atoms with Crippen LogP contribution in [-0.4, -0.2) is 28.0 Å². The third-order valence-corrected chi connectivity index (χ3v) is 7.29. The molecule has 5 aromatic rings. The Balaban J connectivity index is 1.27. The molecular formula is C34H30N4O3. The van der Waals surface area contributed by atoms with Gasteiger partial charge in [-0.25, -0.2) is 0 Å². The van der Waals surface area contributed by atoms with Crippen LogP contribution in [0.25, 0.3) is 11.1 Å². The molecule has 0 bridgehead atoms. The molecule has 204 valence electrons. The van der Waals surface area contributed by atoms with Crippen molar-refractivity contribution in [1.82, 2.24) is 14.9 Å². The lowest BCUT2D eigenvalue weighted by Crippen LogP contribution is -2.30. The number of amides is 2. The largest absolute Gasteiger partial charge is 0.493 e. The highest BCUT2D eigenvalue weighted by atomic mass is 16.5. The number of ether oxygens (including phenoxy) is 1. The molecule has 0 spiro atoms. The smallest absolute Gasteiger partial charge is 0.268 e. The maximum Gasteiger partial charge on any atom is 0.268 e. The van der Waals surface area contributed by atoms with Crippen LogP contribution in [0.1, 0.15) is 44.6 Å². The van der Waals surface area contributed by atoms with Crippen molar-refractivity contribution < 1.29 is 14.3 Å². The summed E-state index contributed by atoms with van der Waals surface area (Å²) in [5.74, 6) is 0.552. The predicted octanol–water partition coefficient (Wildman–Crippen LogP) is 6.09. The molecule has 3 aromatic carbocycles. The van der Waals surface area contributed by atoms with Crippen LogP contribution < -0.4 is 15.0 Å².